The van der Waals surface area contributed by atoms with Crippen molar-refractivity contribution in [2.24, 2.45) is 5.73 Å². The standard InChI is InChI=1S/C14H22N2O/c1-9-5-10(2)7-13(6-9)8-11(3)16-14(17)12(4)15/h5-7,11-12H,8,15H2,1-4H3,(H,16,17)/t11?,12-/m0/s1. The molecule has 0 saturated carbocycles. The first-order valence-corrected chi connectivity index (χ1v) is 6.01. The van der Waals surface area contributed by atoms with Crippen molar-refractivity contribution >= 4 is 5.91 Å². The molecule has 1 rings (SSSR count). The summed E-state index contributed by atoms with van der Waals surface area (Å²) in [5.41, 5.74) is 9.27. The minimum atomic E-state index is -0.448. The van der Waals surface area contributed by atoms with E-state index in [-0.39, 0.29) is 11.9 Å². The quantitative estimate of drug-likeness (QED) is 0.833. The van der Waals surface area contributed by atoms with Gasteiger partial charge in [-0.2, -0.15) is 0 Å². The van der Waals surface area contributed by atoms with E-state index >= 15 is 0 Å². The molecule has 0 saturated heterocycles. The van der Waals surface area contributed by atoms with Crippen molar-refractivity contribution in [2.45, 2.75) is 46.2 Å². The normalized spacial score (nSPS) is 14.2. The van der Waals surface area contributed by atoms with Crippen LogP contribution in [0.1, 0.15) is 30.5 Å². The Labute approximate surface area is 103 Å². The van der Waals surface area contributed by atoms with Gasteiger partial charge < -0.3 is 11.1 Å². The molecule has 94 valence electrons. The molecule has 0 spiro atoms. The smallest absolute Gasteiger partial charge is 0.236 e. The van der Waals surface area contributed by atoms with Gasteiger partial charge >= 0.3 is 0 Å². The number of carbonyl (C=O) groups is 1. The highest BCUT2D eigenvalue weighted by molar-refractivity contribution is 5.81. The van der Waals surface area contributed by atoms with Crippen molar-refractivity contribution in [3.8, 4) is 0 Å². The molecule has 0 bridgehead atoms. The van der Waals surface area contributed by atoms with Crippen LogP contribution in [0.15, 0.2) is 18.2 Å². The van der Waals surface area contributed by atoms with Gasteiger partial charge in [-0.05, 0) is 39.7 Å². The van der Waals surface area contributed by atoms with Crippen LogP contribution < -0.4 is 11.1 Å². The highest BCUT2D eigenvalue weighted by atomic mass is 16.2. The second-order valence-electron chi connectivity index (χ2n) is 4.90. The van der Waals surface area contributed by atoms with E-state index in [9.17, 15) is 4.79 Å². The van der Waals surface area contributed by atoms with Gasteiger partial charge in [0.25, 0.3) is 0 Å². The van der Waals surface area contributed by atoms with Crippen LogP contribution >= 0.6 is 0 Å². The molecule has 1 aromatic rings. The average molecular weight is 234 g/mol. The fraction of sp³-hybridized carbons (Fsp3) is 0.500. The molecular formula is C14H22N2O. The van der Waals surface area contributed by atoms with Gasteiger partial charge in [-0.1, -0.05) is 29.3 Å². The van der Waals surface area contributed by atoms with Gasteiger partial charge in [-0.25, -0.2) is 0 Å². The third kappa shape index (κ3) is 4.57. The molecule has 0 heterocycles. The van der Waals surface area contributed by atoms with Crippen LogP contribution in [0.4, 0.5) is 0 Å². The Hall–Kier alpha value is -1.35. The van der Waals surface area contributed by atoms with Crippen LogP contribution in [-0.2, 0) is 11.2 Å². The Balaban J connectivity index is 2.61. The summed E-state index contributed by atoms with van der Waals surface area (Å²) >= 11 is 0. The van der Waals surface area contributed by atoms with Crippen molar-refractivity contribution in [3.63, 3.8) is 0 Å². The molecule has 1 aromatic carbocycles. The molecule has 0 aliphatic carbocycles. The van der Waals surface area contributed by atoms with E-state index in [2.05, 4.69) is 37.4 Å². The molecule has 0 aliphatic heterocycles. The zero-order valence-corrected chi connectivity index (χ0v) is 11.1. The van der Waals surface area contributed by atoms with Crippen molar-refractivity contribution < 1.29 is 4.79 Å². The minimum absolute atomic E-state index is 0.0955. The second-order valence-corrected chi connectivity index (χ2v) is 4.90. The molecule has 1 amide bonds. The number of hydrogen-bond donors (Lipinski definition) is 2. The van der Waals surface area contributed by atoms with E-state index in [4.69, 9.17) is 5.73 Å². The fourth-order valence-corrected chi connectivity index (χ4v) is 1.97. The lowest BCUT2D eigenvalue weighted by Crippen LogP contribution is -2.43. The van der Waals surface area contributed by atoms with E-state index < -0.39 is 6.04 Å². The predicted octanol–water partition coefficient (Wildman–Crippen LogP) is 1.70. The minimum Gasteiger partial charge on any atom is -0.352 e. The van der Waals surface area contributed by atoms with E-state index in [0.717, 1.165) is 6.42 Å². The molecule has 0 fully saturated rings. The average Bonchev–Trinajstić information content (AvgIpc) is 2.14. The molecule has 1 unspecified atom stereocenters. The number of aryl methyl sites for hydroxylation is 2. The largest absolute Gasteiger partial charge is 0.352 e. The third-order valence-electron chi connectivity index (χ3n) is 2.63. The van der Waals surface area contributed by atoms with E-state index in [1.807, 2.05) is 6.92 Å². The van der Waals surface area contributed by atoms with E-state index in [1.54, 1.807) is 6.92 Å². The summed E-state index contributed by atoms with van der Waals surface area (Å²) in [6.07, 6.45) is 0.834. The summed E-state index contributed by atoms with van der Waals surface area (Å²) in [7, 11) is 0. The first kappa shape index (κ1) is 13.7. The summed E-state index contributed by atoms with van der Waals surface area (Å²) in [5.74, 6) is -0.0955. The van der Waals surface area contributed by atoms with Crippen LogP contribution in [0, 0.1) is 13.8 Å². The molecule has 0 radical (unpaired) electrons. The van der Waals surface area contributed by atoms with Gasteiger partial charge in [0, 0.05) is 6.04 Å². The second kappa shape index (κ2) is 5.82. The molecule has 3 nitrogen and oxygen atoms in total. The summed E-state index contributed by atoms with van der Waals surface area (Å²) < 4.78 is 0. The van der Waals surface area contributed by atoms with Gasteiger partial charge in [-0.15, -0.1) is 0 Å². The monoisotopic (exact) mass is 234 g/mol. The SMILES string of the molecule is Cc1cc(C)cc(CC(C)NC(=O)[C@H](C)N)c1. The Bertz CT molecular complexity index is 379. The van der Waals surface area contributed by atoms with E-state index in [0.29, 0.717) is 0 Å². The van der Waals surface area contributed by atoms with Crippen LogP contribution in [0.3, 0.4) is 0 Å². The number of benzene rings is 1. The van der Waals surface area contributed by atoms with Crippen molar-refractivity contribution in [3.05, 3.63) is 34.9 Å². The van der Waals surface area contributed by atoms with Crippen LogP contribution in [0.25, 0.3) is 0 Å². The first-order valence-electron chi connectivity index (χ1n) is 6.01. The van der Waals surface area contributed by atoms with Gasteiger partial charge in [-0.3, -0.25) is 4.79 Å². The van der Waals surface area contributed by atoms with Crippen molar-refractivity contribution in [1.29, 1.82) is 0 Å². The first-order chi connectivity index (χ1) is 7.88. The number of hydrogen-bond acceptors (Lipinski definition) is 2. The topological polar surface area (TPSA) is 55.1 Å². The summed E-state index contributed by atoms with van der Waals surface area (Å²) in [5, 5.41) is 2.90. The van der Waals surface area contributed by atoms with Gasteiger partial charge in [0.1, 0.15) is 0 Å². The number of nitrogens with two attached hydrogens (primary N) is 1. The van der Waals surface area contributed by atoms with E-state index in [1.165, 1.54) is 16.7 Å². The fourth-order valence-electron chi connectivity index (χ4n) is 1.97. The lowest BCUT2D eigenvalue weighted by Gasteiger charge is -2.16. The zero-order chi connectivity index (χ0) is 13.0. The summed E-state index contributed by atoms with van der Waals surface area (Å²) in [4.78, 5) is 11.4. The Morgan fingerprint density at radius 3 is 2.24 bits per heavy atom. The van der Waals surface area contributed by atoms with Gasteiger partial charge in [0.2, 0.25) is 5.91 Å². The predicted molar refractivity (Wildman–Crippen MR) is 70.9 cm³/mol. The van der Waals surface area contributed by atoms with Crippen molar-refractivity contribution in [2.75, 3.05) is 0 Å². The van der Waals surface area contributed by atoms with Gasteiger partial charge in [0.05, 0.1) is 6.04 Å². The number of amides is 1. The molecule has 2 atom stereocenters. The molecular weight excluding hydrogens is 212 g/mol. The van der Waals surface area contributed by atoms with Crippen LogP contribution in [-0.4, -0.2) is 18.0 Å². The Morgan fingerprint density at radius 2 is 1.76 bits per heavy atom. The molecule has 3 heteroatoms. The molecule has 0 aliphatic rings. The number of rotatable bonds is 4. The van der Waals surface area contributed by atoms with Crippen molar-refractivity contribution in [1.82, 2.24) is 5.32 Å². The number of nitrogens with one attached hydrogen (secondary N) is 1. The lowest BCUT2D eigenvalue weighted by molar-refractivity contribution is -0.122. The molecule has 3 N–H and O–H groups in total. The maximum absolute atomic E-state index is 11.4. The maximum atomic E-state index is 11.4. The molecule has 17 heavy (non-hydrogen) atoms. The zero-order valence-electron chi connectivity index (χ0n) is 11.1. The molecule has 0 aromatic heterocycles. The Morgan fingerprint density at radius 1 is 1.24 bits per heavy atom. The van der Waals surface area contributed by atoms with Gasteiger partial charge in [0.15, 0.2) is 0 Å². The number of carbonyl (C=O) groups excluding carboxylic acids is 1. The summed E-state index contributed by atoms with van der Waals surface area (Å²) in [6.45, 7) is 7.86. The maximum Gasteiger partial charge on any atom is 0.236 e. The highest BCUT2D eigenvalue weighted by Crippen LogP contribution is 2.10. The lowest BCUT2D eigenvalue weighted by atomic mass is 10.0. The third-order valence-corrected chi connectivity index (χ3v) is 2.63. The van der Waals surface area contributed by atoms with Crippen LogP contribution in [0.2, 0.25) is 0 Å². The summed E-state index contributed by atoms with van der Waals surface area (Å²) in [6, 6.07) is 6.11. The highest BCUT2D eigenvalue weighted by Gasteiger charge is 2.11. The Kier molecular flexibility index (Phi) is 4.70. The van der Waals surface area contributed by atoms with Crippen LogP contribution in [0.5, 0.6) is 0 Å².